The third kappa shape index (κ3) is 6.29. The fourth-order valence-electron chi connectivity index (χ4n) is 4.48. The second-order valence-corrected chi connectivity index (χ2v) is 9.78. The predicted octanol–water partition coefficient (Wildman–Crippen LogP) is 7.15. The van der Waals surface area contributed by atoms with Gasteiger partial charge in [-0.25, -0.2) is 4.79 Å². The van der Waals surface area contributed by atoms with E-state index in [-0.39, 0.29) is 11.6 Å². The summed E-state index contributed by atoms with van der Waals surface area (Å²) in [5.74, 6) is 0.778. The highest BCUT2D eigenvalue weighted by molar-refractivity contribution is 6.30. The van der Waals surface area contributed by atoms with Crippen LogP contribution in [0.3, 0.4) is 0 Å². The number of hydrogen-bond donors (Lipinski definition) is 1. The van der Waals surface area contributed by atoms with Crippen LogP contribution < -0.4 is 24.7 Å². The highest BCUT2D eigenvalue weighted by Crippen LogP contribution is 2.43. The maximum Gasteiger partial charge on any atom is 0.347 e. The summed E-state index contributed by atoms with van der Waals surface area (Å²) in [6, 6.07) is 29.1. The number of esters is 1. The van der Waals surface area contributed by atoms with Crippen molar-refractivity contribution in [1.29, 1.82) is 5.26 Å². The lowest BCUT2D eigenvalue weighted by Gasteiger charge is -2.27. The average Bonchev–Trinajstić information content (AvgIpc) is 2.99. The minimum atomic E-state index is -0.556. The van der Waals surface area contributed by atoms with E-state index < -0.39 is 11.9 Å². The zero-order valence-corrected chi connectivity index (χ0v) is 23.1. The molecule has 4 aromatic rings. The Morgan fingerprint density at radius 1 is 0.976 bits per heavy atom. The van der Waals surface area contributed by atoms with Gasteiger partial charge in [0.1, 0.15) is 46.8 Å². The van der Waals surface area contributed by atoms with Gasteiger partial charge in [-0.2, -0.15) is 5.26 Å². The van der Waals surface area contributed by atoms with Crippen LogP contribution in [-0.2, 0) is 6.61 Å². The first-order valence-electron chi connectivity index (χ1n) is 13.1. The van der Waals surface area contributed by atoms with Crippen LogP contribution in [0.2, 0.25) is 5.02 Å². The molecule has 0 radical (unpaired) electrons. The SMILES string of the molecule is CCCOc1ccccc1C(=O)Oc1ccc2c(c1)OC(N)=C(C#N)C2c1ccc(OCc2ccc(Cl)cc2)cc1. The zero-order chi connectivity index (χ0) is 28.8. The van der Waals surface area contributed by atoms with Gasteiger partial charge in [-0.05, 0) is 60.0 Å². The first-order chi connectivity index (χ1) is 20.0. The number of benzene rings is 4. The molecule has 0 aromatic heterocycles. The topological polar surface area (TPSA) is 104 Å². The van der Waals surface area contributed by atoms with Crippen LogP contribution in [0.5, 0.6) is 23.0 Å². The zero-order valence-electron chi connectivity index (χ0n) is 22.3. The predicted molar refractivity (Wildman–Crippen MR) is 155 cm³/mol. The van der Waals surface area contributed by atoms with Crippen molar-refractivity contribution in [2.45, 2.75) is 25.9 Å². The molecule has 4 aromatic carbocycles. The quantitative estimate of drug-likeness (QED) is 0.169. The fraction of sp³-hybridized carbons (Fsp3) is 0.152. The van der Waals surface area contributed by atoms with Crippen molar-refractivity contribution in [3.63, 3.8) is 0 Å². The molecule has 0 fully saturated rings. The van der Waals surface area contributed by atoms with Crippen molar-refractivity contribution in [3.05, 3.63) is 130 Å². The lowest BCUT2D eigenvalue weighted by atomic mass is 9.83. The molecule has 0 bridgehead atoms. The smallest absolute Gasteiger partial charge is 0.347 e. The van der Waals surface area contributed by atoms with E-state index in [0.29, 0.717) is 46.6 Å². The van der Waals surface area contributed by atoms with Crippen molar-refractivity contribution < 1.29 is 23.7 Å². The molecule has 1 heterocycles. The van der Waals surface area contributed by atoms with E-state index in [0.717, 1.165) is 23.1 Å². The third-order valence-electron chi connectivity index (χ3n) is 6.50. The van der Waals surface area contributed by atoms with Crippen molar-refractivity contribution in [3.8, 4) is 29.1 Å². The Kier molecular flexibility index (Phi) is 8.42. The van der Waals surface area contributed by atoms with Gasteiger partial charge >= 0.3 is 5.97 Å². The number of rotatable bonds is 9. The van der Waals surface area contributed by atoms with E-state index in [4.69, 9.17) is 36.3 Å². The maximum absolute atomic E-state index is 13.0. The molecule has 0 spiro atoms. The Labute approximate surface area is 243 Å². The Morgan fingerprint density at radius 2 is 1.71 bits per heavy atom. The Morgan fingerprint density at radius 3 is 2.44 bits per heavy atom. The summed E-state index contributed by atoms with van der Waals surface area (Å²) in [6.07, 6.45) is 0.811. The van der Waals surface area contributed by atoms with Crippen molar-refractivity contribution in [1.82, 2.24) is 0 Å². The van der Waals surface area contributed by atoms with Gasteiger partial charge in [-0.1, -0.05) is 61.0 Å². The van der Waals surface area contributed by atoms with Gasteiger partial charge in [0.2, 0.25) is 5.88 Å². The molecule has 8 heteroatoms. The Bertz CT molecular complexity index is 1630. The summed E-state index contributed by atoms with van der Waals surface area (Å²) in [7, 11) is 0. The second kappa shape index (κ2) is 12.5. The van der Waals surface area contributed by atoms with E-state index in [2.05, 4.69) is 6.07 Å². The van der Waals surface area contributed by atoms with Gasteiger partial charge in [0.05, 0.1) is 12.5 Å². The molecule has 2 N–H and O–H groups in total. The molecule has 1 atom stereocenters. The standard InChI is InChI=1S/C33H27ClN2O5/c1-2-17-38-29-6-4-3-5-27(29)33(37)40-25-15-16-26-30(18-25)41-32(36)28(19-35)31(26)22-9-13-24(14-10-22)39-20-21-7-11-23(34)12-8-21/h3-16,18,31H,2,17,20,36H2,1H3. The molecule has 0 saturated heterocycles. The van der Waals surface area contributed by atoms with Gasteiger partial charge < -0.3 is 24.7 Å². The summed E-state index contributed by atoms with van der Waals surface area (Å²) < 4.78 is 23.1. The number of nitriles is 1. The van der Waals surface area contributed by atoms with E-state index >= 15 is 0 Å². The lowest BCUT2D eigenvalue weighted by molar-refractivity contribution is 0.0730. The summed E-state index contributed by atoms with van der Waals surface area (Å²) in [5.41, 5.74) is 9.33. The largest absolute Gasteiger partial charge is 0.493 e. The van der Waals surface area contributed by atoms with Gasteiger partial charge in [0.15, 0.2) is 0 Å². The van der Waals surface area contributed by atoms with Gasteiger partial charge in [-0.3, -0.25) is 0 Å². The van der Waals surface area contributed by atoms with Crippen LogP contribution in [0.4, 0.5) is 0 Å². The molecule has 0 saturated carbocycles. The molecule has 0 aliphatic carbocycles. The summed E-state index contributed by atoms with van der Waals surface area (Å²) >= 11 is 5.96. The number of ether oxygens (including phenoxy) is 4. The van der Waals surface area contributed by atoms with Crippen molar-refractivity contribution in [2.24, 2.45) is 5.73 Å². The molecular formula is C33H27ClN2O5. The Hall–Kier alpha value is -4.93. The molecule has 206 valence electrons. The number of nitrogens with zero attached hydrogens (tertiary/aromatic N) is 1. The summed E-state index contributed by atoms with van der Waals surface area (Å²) in [6.45, 7) is 2.87. The molecule has 5 rings (SSSR count). The van der Waals surface area contributed by atoms with Crippen LogP contribution in [0.1, 0.15) is 46.3 Å². The van der Waals surface area contributed by atoms with Crippen LogP contribution in [0, 0.1) is 11.3 Å². The molecule has 1 aliphatic rings. The van der Waals surface area contributed by atoms with Crippen LogP contribution in [0.25, 0.3) is 0 Å². The lowest BCUT2D eigenvalue weighted by Crippen LogP contribution is -2.21. The first-order valence-corrected chi connectivity index (χ1v) is 13.5. The highest BCUT2D eigenvalue weighted by atomic mass is 35.5. The summed E-state index contributed by atoms with van der Waals surface area (Å²) in [5, 5.41) is 10.6. The van der Waals surface area contributed by atoms with Gasteiger partial charge in [0.25, 0.3) is 0 Å². The monoisotopic (exact) mass is 566 g/mol. The fourth-order valence-corrected chi connectivity index (χ4v) is 4.61. The number of para-hydroxylation sites is 1. The average molecular weight is 567 g/mol. The number of halogens is 1. The number of carbonyl (C=O) groups is 1. The molecule has 1 aliphatic heterocycles. The number of nitrogens with two attached hydrogens (primary N) is 1. The van der Waals surface area contributed by atoms with Gasteiger partial charge in [-0.15, -0.1) is 0 Å². The van der Waals surface area contributed by atoms with Crippen LogP contribution >= 0.6 is 11.6 Å². The molecule has 7 nitrogen and oxygen atoms in total. The normalized spacial score (nSPS) is 13.9. The second-order valence-electron chi connectivity index (χ2n) is 9.34. The van der Waals surface area contributed by atoms with Crippen LogP contribution in [0.15, 0.2) is 102 Å². The minimum absolute atomic E-state index is 0.00477. The molecule has 41 heavy (non-hydrogen) atoms. The van der Waals surface area contributed by atoms with E-state index in [1.54, 1.807) is 42.5 Å². The third-order valence-corrected chi connectivity index (χ3v) is 6.75. The first kappa shape index (κ1) is 27.6. The number of allylic oxidation sites excluding steroid dienone is 1. The Balaban J connectivity index is 1.36. The molecular weight excluding hydrogens is 540 g/mol. The maximum atomic E-state index is 13.0. The van der Waals surface area contributed by atoms with Crippen molar-refractivity contribution >= 4 is 17.6 Å². The van der Waals surface area contributed by atoms with E-state index in [9.17, 15) is 10.1 Å². The highest BCUT2D eigenvalue weighted by Gasteiger charge is 2.31. The molecule has 0 amide bonds. The van der Waals surface area contributed by atoms with Crippen LogP contribution in [-0.4, -0.2) is 12.6 Å². The number of carbonyl (C=O) groups excluding carboxylic acids is 1. The summed E-state index contributed by atoms with van der Waals surface area (Å²) in [4.78, 5) is 13.0. The minimum Gasteiger partial charge on any atom is -0.493 e. The van der Waals surface area contributed by atoms with E-state index in [1.807, 2.05) is 55.5 Å². The van der Waals surface area contributed by atoms with E-state index in [1.165, 1.54) is 0 Å². The number of hydrogen-bond acceptors (Lipinski definition) is 7. The number of fused-ring (bicyclic) bond motifs is 1. The molecule has 1 unspecified atom stereocenters. The van der Waals surface area contributed by atoms with Gasteiger partial charge in [0, 0.05) is 16.7 Å². The van der Waals surface area contributed by atoms with Crippen molar-refractivity contribution in [2.75, 3.05) is 6.61 Å².